The third-order valence-electron chi connectivity index (χ3n) is 2.93. The summed E-state index contributed by atoms with van der Waals surface area (Å²) in [6, 6.07) is -0.440. The molecule has 0 radical (unpaired) electrons. The number of carbonyl (C=O) groups excluding carboxylic acids is 1. The molecule has 6 nitrogen and oxygen atoms in total. The summed E-state index contributed by atoms with van der Waals surface area (Å²) in [7, 11) is 0. The van der Waals surface area contributed by atoms with Crippen molar-refractivity contribution in [2.45, 2.75) is 64.1 Å². The van der Waals surface area contributed by atoms with Crippen molar-refractivity contribution >= 4 is 12.1 Å². The second-order valence-electron chi connectivity index (χ2n) is 5.91. The molecule has 1 rings (SSSR count). The summed E-state index contributed by atoms with van der Waals surface area (Å²) < 4.78 is 5.17. The highest BCUT2D eigenvalue weighted by molar-refractivity contribution is 5.71. The van der Waals surface area contributed by atoms with Crippen LogP contribution in [0.15, 0.2) is 0 Å². The van der Waals surface area contributed by atoms with Crippen LogP contribution in [0.2, 0.25) is 0 Å². The molecule has 3 N–H and O–H groups in total. The first-order chi connectivity index (χ1) is 8.78. The van der Waals surface area contributed by atoms with Crippen molar-refractivity contribution in [1.82, 2.24) is 10.6 Å². The Bertz CT molecular complexity index is 319. The van der Waals surface area contributed by atoms with Crippen molar-refractivity contribution in [2.75, 3.05) is 6.54 Å². The molecule has 1 aliphatic rings. The lowest BCUT2D eigenvalue weighted by Crippen LogP contribution is -2.53. The van der Waals surface area contributed by atoms with Crippen LogP contribution in [0.25, 0.3) is 0 Å². The van der Waals surface area contributed by atoms with E-state index >= 15 is 0 Å². The van der Waals surface area contributed by atoms with Crippen LogP contribution in [-0.4, -0.2) is 41.4 Å². The molecular formula is C13H24N2O4. The van der Waals surface area contributed by atoms with Crippen molar-refractivity contribution in [3.05, 3.63) is 0 Å². The summed E-state index contributed by atoms with van der Waals surface area (Å²) in [5.41, 5.74) is -0.585. The van der Waals surface area contributed by atoms with Crippen molar-refractivity contribution < 1.29 is 19.4 Å². The molecule has 0 saturated carbocycles. The van der Waals surface area contributed by atoms with Gasteiger partial charge in [-0.1, -0.05) is 6.42 Å². The van der Waals surface area contributed by atoms with Crippen LogP contribution >= 0.6 is 0 Å². The van der Waals surface area contributed by atoms with Gasteiger partial charge in [0.25, 0.3) is 0 Å². The monoisotopic (exact) mass is 272 g/mol. The average molecular weight is 272 g/mol. The van der Waals surface area contributed by atoms with Gasteiger partial charge in [0.1, 0.15) is 5.60 Å². The minimum Gasteiger partial charge on any atom is -0.481 e. The van der Waals surface area contributed by atoms with E-state index in [4.69, 9.17) is 9.84 Å². The second kappa shape index (κ2) is 6.75. The van der Waals surface area contributed by atoms with Crippen LogP contribution in [0.3, 0.4) is 0 Å². The average Bonchev–Trinajstić information content (AvgIpc) is 2.26. The van der Waals surface area contributed by atoms with Gasteiger partial charge in [0.15, 0.2) is 0 Å². The standard InChI is InChI=1S/C13H24N2O4/c1-13(2,3)19-12(18)15-10(8-11(16)17)9-6-4-5-7-14-9/h9-10,14H,4-8H2,1-3H3,(H,15,18)(H,16,17)/t9-,10-/m1/s1. The number of nitrogens with one attached hydrogen (secondary N) is 2. The Morgan fingerprint density at radius 1 is 1.42 bits per heavy atom. The maximum absolute atomic E-state index is 11.7. The predicted octanol–water partition coefficient (Wildman–Crippen LogP) is 1.50. The van der Waals surface area contributed by atoms with Crippen LogP contribution in [0, 0.1) is 0 Å². The van der Waals surface area contributed by atoms with E-state index in [1.807, 2.05) is 0 Å². The SMILES string of the molecule is CC(C)(C)OC(=O)N[C@H](CC(=O)O)[C@H]1CCCCN1. The zero-order chi connectivity index (χ0) is 14.5. The Labute approximate surface area is 113 Å². The molecule has 19 heavy (non-hydrogen) atoms. The summed E-state index contributed by atoms with van der Waals surface area (Å²) in [5, 5.41) is 14.9. The van der Waals surface area contributed by atoms with Gasteiger partial charge in [-0.3, -0.25) is 4.79 Å². The molecule has 0 unspecified atom stereocenters. The number of carboxylic acids is 1. The number of hydrogen-bond acceptors (Lipinski definition) is 4. The van der Waals surface area contributed by atoms with Gasteiger partial charge in [-0.25, -0.2) is 4.79 Å². The molecule has 1 heterocycles. The third-order valence-corrected chi connectivity index (χ3v) is 2.93. The molecule has 1 aliphatic heterocycles. The molecular weight excluding hydrogens is 248 g/mol. The fourth-order valence-corrected chi connectivity index (χ4v) is 2.16. The number of carboxylic acid groups (broad SMARTS) is 1. The molecule has 0 aromatic carbocycles. The van der Waals surface area contributed by atoms with Gasteiger partial charge in [0.05, 0.1) is 12.5 Å². The smallest absolute Gasteiger partial charge is 0.407 e. The number of piperidine rings is 1. The Hall–Kier alpha value is -1.30. The van der Waals surface area contributed by atoms with Crippen LogP contribution < -0.4 is 10.6 Å². The van der Waals surface area contributed by atoms with Gasteiger partial charge >= 0.3 is 12.1 Å². The fourth-order valence-electron chi connectivity index (χ4n) is 2.16. The van der Waals surface area contributed by atoms with Gasteiger partial charge in [-0.15, -0.1) is 0 Å². The maximum atomic E-state index is 11.7. The highest BCUT2D eigenvalue weighted by atomic mass is 16.6. The fraction of sp³-hybridized carbons (Fsp3) is 0.846. The lowest BCUT2D eigenvalue weighted by molar-refractivity contribution is -0.137. The van der Waals surface area contributed by atoms with Crippen LogP contribution in [0.1, 0.15) is 46.5 Å². The summed E-state index contributed by atoms with van der Waals surface area (Å²) in [4.78, 5) is 22.6. The highest BCUT2D eigenvalue weighted by Crippen LogP contribution is 2.14. The number of ether oxygens (including phenoxy) is 1. The molecule has 6 heteroatoms. The minimum absolute atomic E-state index is 0.00244. The summed E-state index contributed by atoms with van der Waals surface area (Å²) in [5.74, 6) is -0.923. The molecule has 110 valence electrons. The van der Waals surface area contributed by atoms with Gasteiger partial charge in [-0.05, 0) is 40.2 Å². The highest BCUT2D eigenvalue weighted by Gasteiger charge is 2.28. The second-order valence-corrected chi connectivity index (χ2v) is 5.91. The van der Waals surface area contributed by atoms with E-state index in [0.29, 0.717) is 0 Å². The van der Waals surface area contributed by atoms with Crippen molar-refractivity contribution in [3.63, 3.8) is 0 Å². The molecule has 1 saturated heterocycles. The third kappa shape index (κ3) is 6.42. The van der Waals surface area contributed by atoms with E-state index in [-0.39, 0.29) is 12.5 Å². The lowest BCUT2D eigenvalue weighted by Gasteiger charge is -2.31. The summed E-state index contributed by atoms with van der Waals surface area (Å²) in [6.07, 6.45) is 2.34. The van der Waals surface area contributed by atoms with E-state index in [0.717, 1.165) is 25.8 Å². The normalized spacial score (nSPS) is 21.5. The van der Waals surface area contributed by atoms with Crippen LogP contribution in [-0.2, 0) is 9.53 Å². The van der Waals surface area contributed by atoms with Gasteiger partial charge in [0, 0.05) is 6.04 Å². The Morgan fingerprint density at radius 2 is 2.11 bits per heavy atom. The van der Waals surface area contributed by atoms with Gasteiger partial charge in [-0.2, -0.15) is 0 Å². The number of amides is 1. The number of aliphatic carboxylic acids is 1. The van der Waals surface area contributed by atoms with Crippen LogP contribution in [0.5, 0.6) is 0 Å². The molecule has 0 aromatic rings. The van der Waals surface area contributed by atoms with Crippen molar-refractivity contribution in [3.8, 4) is 0 Å². The number of carbonyl (C=O) groups is 2. The first-order valence-electron chi connectivity index (χ1n) is 6.72. The molecule has 0 bridgehead atoms. The topological polar surface area (TPSA) is 87.7 Å². The zero-order valence-electron chi connectivity index (χ0n) is 11.9. The van der Waals surface area contributed by atoms with E-state index < -0.39 is 23.7 Å². The van der Waals surface area contributed by atoms with Crippen molar-refractivity contribution in [2.24, 2.45) is 0 Å². The van der Waals surface area contributed by atoms with Gasteiger partial charge in [0.2, 0.25) is 0 Å². The van der Waals surface area contributed by atoms with Crippen LogP contribution in [0.4, 0.5) is 4.79 Å². The molecule has 0 aromatic heterocycles. The zero-order valence-corrected chi connectivity index (χ0v) is 11.9. The van der Waals surface area contributed by atoms with E-state index in [1.165, 1.54) is 0 Å². The predicted molar refractivity (Wildman–Crippen MR) is 71.1 cm³/mol. The number of hydrogen-bond donors (Lipinski definition) is 3. The lowest BCUT2D eigenvalue weighted by atomic mass is 9.96. The largest absolute Gasteiger partial charge is 0.481 e. The summed E-state index contributed by atoms with van der Waals surface area (Å²) in [6.45, 7) is 6.18. The maximum Gasteiger partial charge on any atom is 0.407 e. The molecule has 1 fully saturated rings. The first-order valence-corrected chi connectivity index (χ1v) is 6.72. The molecule has 1 amide bonds. The molecule has 0 spiro atoms. The Kier molecular flexibility index (Phi) is 5.60. The number of alkyl carbamates (subject to hydrolysis) is 1. The van der Waals surface area contributed by atoms with Gasteiger partial charge < -0.3 is 20.5 Å². The minimum atomic E-state index is -0.923. The molecule has 2 atom stereocenters. The number of rotatable bonds is 4. The quantitative estimate of drug-likeness (QED) is 0.722. The summed E-state index contributed by atoms with van der Waals surface area (Å²) >= 11 is 0. The van der Waals surface area contributed by atoms with E-state index in [9.17, 15) is 9.59 Å². The Balaban J connectivity index is 2.58. The van der Waals surface area contributed by atoms with Crippen molar-refractivity contribution in [1.29, 1.82) is 0 Å². The van der Waals surface area contributed by atoms with E-state index in [1.54, 1.807) is 20.8 Å². The first kappa shape index (κ1) is 15.8. The van der Waals surface area contributed by atoms with E-state index in [2.05, 4.69) is 10.6 Å². The molecule has 0 aliphatic carbocycles. The Morgan fingerprint density at radius 3 is 2.58 bits per heavy atom.